The van der Waals surface area contributed by atoms with Gasteiger partial charge in [0.1, 0.15) is 11.4 Å². The first-order valence-electron chi connectivity index (χ1n) is 11.2. The summed E-state index contributed by atoms with van der Waals surface area (Å²) in [6, 6.07) is 9.52. The molecule has 0 aliphatic carbocycles. The standard InChI is InChI=1S/C24H30N4O4/c1-4-27-16(2)18(11-12-22(29)25-15-17-8-7-13-32-17)24(30)28-23(27)14-20(26-28)19-9-5-6-10-21(19)31-3/h5-6,9-10,14,17H,4,7-8,11-13,15H2,1-3H3,(H,25,29). The van der Waals surface area contributed by atoms with Crippen LogP contribution in [0.15, 0.2) is 35.1 Å². The first-order chi connectivity index (χ1) is 15.5. The highest BCUT2D eigenvalue weighted by molar-refractivity contribution is 5.76. The molecule has 0 bridgehead atoms. The number of para-hydroxylation sites is 1. The van der Waals surface area contributed by atoms with Crippen molar-refractivity contribution in [2.45, 2.75) is 52.2 Å². The normalized spacial score (nSPS) is 15.9. The van der Waals surface area contributed by atoms with Crippen molar-refractivity contribution in [3.63, 3.8) is 0 Å². The van der Waals surface area contributed by atoms with E-state index in [0.29, 0.717) is 36.5 Å². The number of rotatable bonds is 8. The number of aryl methyl sites for hydroxylation is 1. The van der Waals surface area contributed by atoms with E-state index in [1.54, 1.807) is 7.11 Å². The molecule has 1 atom stereocenters. The van der Waals surface area contributed by atoms with Crippen molar-refractivity contribution in [1.29, 1.82) is 0 Å². The van der Waals surface area contributed by atoms with E-state index in [-0.39, 0.29) is 24.0 Å². The third-order valence-electron chi connectivity index (χ3n) is 6.11. The summed E-state index contributed by atoms with van der Waals surface area (Å²) in [5.41, 5.74) is 3.52. The van der Waals surface area contributed by atoms with E-state index >= 15 is 0 Å². The molecule has 3 aromatic rings. The Morgan fingerprint density at radius 3 is 2.88 bits per heavy atom. The number of aromatic nitrogens is 3. The predicted molar refractivity (Wildman–Crippen MR) is 122 cm³/mol. The van der Waals surface area contributed by atoms with Gasteiger partial charge < -0.3 is 19.4 Å². The van der Waals surface area contributed by atoms with E-state index in [4.69, 9.17) is 9.47 Å². The number of ether oxygens (including phenoxy) is 2. The number of hydrogen-bond donors (Lipinski definition) is 1. The lowest BCUT2D eigenvalue weighted by atomic mass is 10.1. The van der Waals surface area contributed by atoms with Crippen molar-refractivity contribution < 1.29 is 14.3 Å². The van der Waals surface area contributed by atoms with Gasteiger partial charge in [0.25, 0.3) is 5.56 Å². The molecular weight excluding hydrogens is 408 g/mol. The molecule has 0 spiro atoms. The number of nitrogens with one attached hydrogen (secondary N) is 1. The van der Waals surface area contributed by atoms with E-state index < -0.39 is 0 Å². The third kappa shape index (κ3) is 4.27. The maximum atomic E-state index is 13.3. The zero-order chi connectivity index (χ0) is 22.7. The summed E-state index contributed by atoms with van der Waals surface area (Å²) in [5, 5.41) is 7.53. The van der Waals surface area contributed by atoms with Gasteiger partial charge in [-0.1, -0.05) is 12.1 Å². The lowest BCUT2D eigenvalue weighted by Gasteiger charge is -2.15. The van der Waals surface area contributed by atoms with Crippen LogP contribution in [0.1, 0.15) is 37.4 Å². The van der Waals surface area contributed by atoms with Crippen LogP contribution in [0.2, 0.25) is 0 Å². The first kappa shape index (κ1) is 22.1. The van der Waals surface area contributed by atoms with Crippen molar-refractivity contribution in [1.82, 2.24) is 19.5 Å². The van der Waals surface area contributed by atoms with Gasteiger partial charge in [0.2, 0.25) is 5.91 Å². The van der Waals surface area contributed by atoms with Gasteiger partial charge in [-0.25, -0.2) is 0 Å². The summed E-state index contributed by atoms with van der Waals surface area (Å²) in [6.07, 6.45) is 2.73. The third-order valence-corrected chi connectivity index (χ3v) is 6.11. The predicted octanol–water partition coefficient (Wildman–Crippen LogP) is 2.73. The Hall–Kier alpha value is -3.13. The second-order valence-electron chi connectivity index (χ2n) is 8.05. The summed E-state index contributed by atoms with van der Waals surface area (Å²) in [7, 11) is 1.62. The van der Waals surface area contributed by atoms with Crippen LogP contribution in [0.3, 0.4) is 0 Å². The number of carbonyl (C=O) groups is 1. The van der Waals surface area contributed by atoms with E-state index in [1.807, 2.05) is 44.2 Å². The quantitative estimate of drug-likeness (QED) is 0.584. The van der Waals surface area contributed by atoms with Gasteiger partial charge in [-0.3, -0.25) is 9.59 Å². The van der Waals surface area contributed by atoms with Crippen molar-refractivity contribution in [3.8, 4) is 17.0 Å². The van der Waals surface area contributed by atoms with Crippen LogP contribution in [0, 0.1) is 6.92 Å². The number of carbonyl (C=O) groups excluding carboxylic acids is 1. The van der Waals surface area contributed by atoms with Crippen molar-refractivity contribution in [2.75, 3.05) is 20.3 Å². The maximum Gasteiger partial charge on any atom is 0.277 e. The average molecular weight is 439 g/mol. The van der Waals surface area contributed by atoms with E-state index in [0.717, 1.165) is 36.4 Å². The highest BCUT2D eigenvalue weighted by atomic mass is 16.5. The molecule has 3 heterocycles. The molecule has 4 rings (SSSR count). The minimum atomic E-state index is -0.185. The molecule has 1 amide bonds. The smallest absolute Gasteiger partial charge is 0.277 e. The molecule has 2 aromatic heterocycles. The fraction of sp³-hybridized carbons (Fsp3) is 0.458. The Kier molecular flexibility index (Phi) is 6.60. The molecule has 8 heteroatoms. The summed E-state index contributed by atoms with van der Waals surface area (Å²) in [4.78, 5) is 25.7. The van der Waals surface area contributed by atoms with Crippen LogP contribution in [0.4, 0.5) is 0 Å². The molecule has 32 heavy (non-hydrogen) atoms. The van der Waals surface area contributed by atoms with Crippen LogP contribution in [-0.2, 0) is 22.5 Å². The van der Waals surface area contributed by atoms with Gasteiger partial charge in [-0.15, -0.1) is 0 Å². The van der Waals surface area contributed by atoms with Crippen LogP contribution < -0.4 is 15.6 Å². The monoisotopic (exact) mass is 438 g/mol. The van der Waals surface area contributed by atoms with E-state index in [2.05, 4.69) is 15.0 Å². The fourth-order valence-corrected chi connectivity index (χ4v) is 4.37. The number of benzene rings is 1. The summed E-state index contributed by atoms with van der Waals surface area (Å²) >= 11 is 0. The summed E-state index contributed by atoms with van der Waals surface area (Å²) in [6.45, 7) is 5.94. The van der Waals surface area contributed by atoms with E-state index in [9.17, 15) is 9.59 Å². The fourth-order valence-electron chi connectivity index (χ4n) is 4.37. The van der Waals surface area contributed by atoms with Gasteiger partial charge in [0.05, 0.1) is 18.9 Å². The van der Waals surface area contributed by atoms with Crippen molar-refractivity contribution >= 4 is 11.6 Å². The number of amides is 1. The van der Waals surface area contributed by atoms with E-state index in [1.165, 1.54) is 4.52 Å². The molecule has 1 unspecified atom stereocenters. The van der Waals surface area contributed by atoms with Crippen LogP contribution in [0.25, 0.3) is 16.9 Å². The minimum Gasteiger partial charge on any atom is -0.496 e. The van der Waals surface area contributed by atoms with Crippen molar-refractivity contribution in [3.05, 3.63) is 51.9 Å². The summed E-state index contributed by atoms with van der Waals surface area (Å²) < 4.78 is 14.5. The zero-order valence-corrected chi connectivity index (χ0v) is 18.9. The molecule has 0 radical (unpaired) electrons. The van der Waals surface area contributed by atoms with Gasteiger partial charge in [0, 0.05) is 49.0 Å². The largest absolute Gasteiger partial charge is 0.496 e. The molecular formula is C24H30N4O4. The Bertz CT molecular complexity index is 1170. The van der Waals surface area contributed by atoms with Gasteiger partial charge >= 0.3 is 0 Å². The Morgan fingerprint density at radius 2 is 2.16 bits per heavy atom. The molecule has 0 saturated carbocycles. The number of fused-ring (bicyclic) bond motifs is 1. The molecule has 8 nitrogen and oxygen atoms in total. The second-order valence-corrected chi connectivity index (χ2v) is 8.05. The van der Waals surface area contributed by atoms with Crippen molar-refractivity contribution in [2.24, 2.45) is 0 Å². The van der Waals surface area contributed by atoms with Crippen LogP contribution >= 0.6 is 0 Å². The minimum absolute atomic E-state index is 0.0716. The number of nitrogens with zero attached hydrogens (tertiary/aromatic N) is 3. The van der Waals surface area contributed by atoms with Crippen LogP contribution in [0.5, 0.6) is 5.75 Å². The molecule has 1 fully saturated rings. The molecule has 1 aliphatic rings. The molecule has 1 saturated heterocycles. The molecule has 1 N–H and O–H groups in total. The molecule has 1 aliphatic heterocycles. The van der Waals surface area contributed by atoms with Gasteiger partial charge in [0.15, 0.2) is 0 Å². The lowest BCUT2D eigenvalue weighted by molar-refractivity contribution is -0.121. The SMILES string of the molecule is CCn1c(C)c(CCC(=O)NCC2CCCO2)c(=O)n2nc(-c3ccccc3OC)cc12. The number of hydrogen-bond acceptors (Lipinski definition) is 5. The second kappa shape index (κ2) is 9.56. The Morgan fingerprint density at radius 1 is 1.34 bits per heavy atom. The van der Waals surface area contributed by atoms with Gasteiger partial charge in [-0.05, 0) is 45.2 Å². The van der Waals surface area contributed by atoms with Crippen LogP contribution in [-0.4, -0.2) is 46.5 Å². The topological polar surface area (TPSA) is 86.9 Å². The first-order valence-corrected chi connectivity index (χ1v) is 11.2. The Balaban J connectivity index is 1.62. The zero-order valence-electron chi connectivity index (χ0n) is 18.9. The molecule has 1 aromatic carbocycles. The molecule has 170 valence electrons. The average Bonchev–Trinajstić information content (AvgIpc) is 3.48. The summed E-state index contributed by atoms with van der Waals surface area (Å²) in [5.74, 6) is 0.629. The number of methoxy groups -OCH3 is 1. The Labute approximate surface area is 187 Å². The highest BCUT2D eigenvalue weighted by Crippen LogP contribution is 2.29. The maximum absolute atomic E-state index is 13.3. The van der Waals surface area contributed by atoms with Gasteiger partial charge in [-0.2, -0.15) is 9.61 Å². The highest BCUT2D eigenvalue weighted by Gasteiger charge is 2.20. The lowest BCUT2D eigenvalue weighted by Crippen LogP contribution is -2.33.